The number of anilines is 1. The molecule has 3 atom stereocenters. The summed E-state index contributed by atoms with van der Waals surface area (Å²) in [6, 6.07) is 12.7. The van der Waals surface area contributed by atoms with Gasteiger partial charge in [-0.2, -0.15) is 24.0 Å². The second-order valence-corrected chi connectivity index (χ2v) is 18.2. The quantitative estimate of drug-likeness (QED) is 0.0908. The summed E-state index contributed by atoms with van der Waals surface area (Å²) in [7, 11) is -1.19. The molecule has 23 heteroatoms. The zero-order valence-corrected chi connectivity index (χ0v) is 36.2. The molecule has 0 bridgehead atoms. The number of ether oxygens (including phenoxy) is 1. The van der Waals surface area contributed by atoms with Gasteiger partial charge in [0.15, 0.2) is 5.82 Å². The van der Waals surface area contributed by atoms with E-state index >= 15 is 8.78 Å². The summed E-state index contributed by atoms with van der Waals surface area (Å²) >= 11 is 6.85. The highest BCUT2D eigenvalue weighted by molar-refractivity contribution is 7.92. The lowest BCUT2D eigenvalue weighted by Gasteiger charge is -2.24. The molecule has 0 spiro atoms. The van der Waals surface area contributed by atoms with Crippen molar-refractivity contribution in [3.63, 3.8) is 0 Å². The number of sulfonamides is 1. The number of fused-ring (bicyclic) bond motifs is 5. The maximum Gasteiger partial charge on any atom is 0.293 e. The average Bonchev–Trinajstić information content (AvgIpc) is 3.78. The van der Waals surface area contributed by atoms with Crippen LogP contribution in [0.5, 0.6) is 5.75 Å². The van der Waals surface area contributed by atoms with E-state index in [4.69, 9.17) is 22.9 Å². The van der Waals surface area contributed by atoms with E-state index in [1.54, 1.807) is 24.3 Å². The van der Waals surface area contributed by atoms with Gasteiger partial charge in [-0.05, 0) is 65.9 Å². The predicted octanol–water partition coefficient (Wildman–Crippen LogP) is 7.57. The standard InChI is InChI=1S/C43H33ClF6N10O5S/c1-51-31-12-9-25-39(53-31)54-40(29(15-21-13-22(45)16-23(46)14-21)52-32(61)19-58-37-33(35(55-58)38(47)48)26-17-27(26)43(37,49)50)60(42(25)62)30-11-10-28(44)34-36(30)57(2)56-41(34)59(66(4,63)64)18-20-5-7-24(65-3)8-6-20/h5-14,16,26-27,29,38H,15,17-19H2,2-4H3,(H,52,61)/t26-,27+,29-/m0/s1. The minimum absolute atomic E-state index is 0.00334. The Labute approximate surface area is 375 Å². The normalized spacial score (nSPS) is 16.6. The molecule has 2 aliphatic carbocycles. The van der Waals surface area contributed by atoms with Crippen molar-refractivity contribution >= 4 is 61.1 Å². The van der Waals surface area contributed by atoms with Crippen molar-refractivity contribution in [1.82, 2.24) is 39.4 Å². The van der Waals surface area contributed by atoms with Gasteiger partial charge in [-0.15, -0.1) is 0 Å². The fraction of sp³-hybridized carbons (Fsp3) is 0.279. The highest BCUT2D eigenvalue weighted by Crippen LogP contribution is 2.68. The Balaban J connectivity index is 1.23. The Kier molecular flexibility index (Phi) is 10.8. The first-order valence-corrected chi connectivity index (χ1v) is 22.1. The largest absolute Gasteiger partial charge is 0.497 e. The summed E-state index contributed by atoms with van der Waals surface area (Å²) in [5.74, 6) is -8.97. The van der Waals surface area contributed by atoms with Crippen molar-refractivity contribution < 1.29 is 44.3 Å². The summed E-state index contributed by atoms with van der Waals surface area (Å²) in [4.78, 5) is 41.3. The first-order valence-electron chi connectivity index (χ1n) is 19.9. The van der Waals surface area contributed by atoms with Gasteiger partial charge in [0.25, 0.3) is 29.4 Å². The lowest BCUT2D eigenvalue weighted by molar-refractivity contribution is -0.123. The van der Waals surface area contributed by atoms with Gasteiger partial charge in [0.2, 0.25) is 15.9 Å². The van der Waals surface area contributed by atoms with Crippen molar-refractivity contribution in [1.29, 1.82) is 0 Å². The van der Waals surface area contributed by atoms with Crippen LogP contribution in [-0.2, 0) is 47.3 Å². The molecule has 15 nitrogen and oxygen atoms in total. The first kappa shape index (κ1) is 44.2. The van der Waals surface area contributed by atoms with Crippen LogP contribution in [0, 0.1) is 24.1 Å². The second kappa shape index (κ2) is 16.2. The number of methoxy groups -OCH3 is 1. The van der Waals surface area contributed by atoms with Crippen molar-refractivity contribution in [2.75, 3.05) is 17.7 Å². The maximum atomic E-state index is 15.5. The number of halogens is 7. The highest BCUT2D eigenvalue weighted by atomic mass is 35.5. The van der Waals surface area contributed by atoms with E-state index in [2.05, 4.69) is 30.3 Å². The van der Waals surface area contributed by atoms with Crippen LogP contribution in [0.4, 0.5) is 38.0 Å². The fourth-order valence-corrected chi connectivity index (χ4v) is 9.73. The smallest absolute Gasteiger partial charge is 0.293 e. The van der Waals surface area contributed by atoms with Crippen LogP contribution >= 0.6 is 11.6 Å². The Bertz CT molecular complexity index is 3350. The minimum atomic E-state index is -4.12. The van der Waals surface area contributed by atoms with Crippen LogP contribution in [-0.4, -0.2) is 61.8 Å². The number of rotatable bonds is 13. The van der Waals surface area contributed by atoms with Crippen molar-refractivity contribution in [3.8, 4) is 11.4 Å². The number of aryl methyl sites for hydroxylation is 1. The van der Waals surface area contributed by atoms with Crippen LogP contribution in [0.25, 0.3) is 32.5 Å². The molecular formula is C43H33ClF6N10O5S. The van der Waals surface area contributed by atoms with E-state index in [0.29, 0.717) is 22.1 Å². The van der Waals surface area contributed by atoms with Crippen LogP contribution in [0.1, 0.15) is 58.7 Å². The number of benzene rings is 3. The molecule has 4 aromatic heterocycles. The molecule has 1 saturated carbocycles. The lowest BCUT2D eigenvalue weighted by Crippen LogP contribution is -2.38. The number of hydrogen-bond donors (Lipinski definition) is 1. The van der Waals surface area contributed by atoms with E-state index < -0.39 is 87.7 Å². The molecule has 4 heterocycles. The van der Waals surface area contributed by atoms with Gasteiger partial charge in [-0.25, -0.2) is 30.3 Å². The van der Waals surface area contributed by atoms with E-state index in [-0.39, 0.29) is 74.2 Å². The van der Waals surface area contributed by atoms with Gasteiger partial charge in [0, 0.05) is 31.0 Å². The number of nitrogens with zero attached hydrogens (tertiary/aromatic N) is 9. The predicted molar refractivity (Wildman–Crippen MR) is 228 cm³/mol. The van der Waals surface area contributed by atoms with Crippen LogP contribution in [0.2, 0.25) is 5.02 Å². The molecule has 7 aromatic rings. The maximum absolute atomic E-state index is 15.5. The Morgan fingerprint density at radius 2 is 1.76 bits per heavy atom. The number of aromatic nitrogens is 7. The number of amides is 1. The van der Waals surface area contributed by atoms with Gasteiger partial charge in [-0.1, -0.05) is 41.4 Å². The van der Waals surface area contributed by atoms with Crippen LogP contribution in [0.15, 0.2) is 71.5 Å². The van der Waals surface area contributed by atoms with E-state index in [9.17, 15) is 35.6 Å². The van der Waals surface area contributed by atoms with Gasteiger partial charge < -0.3 is 14.9 Å². The third kappa shape index (κ3) is 7.64. The number of hydrogen-bond acceptors (Lipinski definition) is 9. The van der Waals surface area contributed by atoms with E-state index in [1.807, 2.05) is 0 Å². The first-order chi connectivity index (χ1) is 31.3. The number of nitrogens with one attached hydrogen (secondary N) is 1. The van der Waals surface area contributed by atoms with Gasteiger partial charge >= 0.3 is 0 Å². The van der Waals surface area contributed by atoms with Crippen molar-refractivity contribution in [2.24, 2.45) is 13.0 Å². The summed E-state index contributed by atoms with van der Waals surface area (Å²) in [6.07, 6.45) is -2.82. The number of carbonyl (C=O) groups is 1. The van der Waals surface area contributed by atoms with Crippen LogP contribution in [0.3, 0.4) is 0 Å². The van der Waals surface area contributed by atoms with E-state index in [1.165, 1.54) is 43.1 Å². The Morgan fingerprint density at radius 3 is 2.41 bits per heavy atom. The Hall–Kier alpha value is -6.99. The second-order valence-electron chi connectivity index (χ2n) is 15.9. The number of pyridine rings is 1. The van der Waals surface area contributed by atoms with Gasteiger partial charge in [0.05, 0.1) is 47.6 Å². The average molecular weight is 951 g/mol. The van der Waals surface area contributed by atoms with Crippen LogP contribution < -0.4 is 19.9 Å². The van der Waals surface area contributed by atoms with Crippen molar-refractivity contribution in [2.45, 2.75) is 50.2 Å². The summed E-state index contributed by atoms with van der Waals surface area (Å²) in [5, 5.41) is 10.8. The summed E-state index contributed by atoms with van der Waals surface area (Å²) in [6.45, 7) is 6.29. The third-order valence-corrected chi connectivity index (χ3v) is 13.0. The number of carbonyl (C=O) groups excluding carboxylic acids is 1. The molecule has 340 valence electrons. The zero-order valence-electron chi connectivity index (χ0n) is 34.6. The molecule has 1 N–H and O–H groups in total. The van der Waals surface area contributed by atoms with E-state index in [0.717, 1.165) is 27.3 Å². The van der Waals surface area contributed by atoms with Gasteiger partial charge in [0.1, 0.15) is 46.5 Å². The third-order valence-electron chi connectivity index (χ3n) is 11.6. The SMILES string of the molecule is [C-]#[N+]c1ccc2c(=O)n(-c3ccc(Cl)c4c(N(Cc5ccc(OC)cc5)S(C)(=O)=O)nn(C)c34)c([C@H](Cc3cc(F)cc(F)c3)NC(=O)Cn3nc(C(F)F)c4c3C(F)(F)[C@@H]3C[C@H]43)nc2n1. The monoisotopic (exact) mass is 950 g/mol. The lowest BCUT2D eigenvalue weighted by atomic mass is 10.0. The minimum Gasteiger partial charge on any atom is -0.497 e. The molecule has 9 rings (SSSR count). The summed E-state index contributed by atoms with van der Waals surface area (Å²) < 4.78 is 125. The summed E-state index contributed by atoms with van der Waals surface area (Å²) in [5.41, 5.74) is -2.70. The molecule has 2 aliphatic rings. The molecule has 0 saturated heterocycles. The molecule has 66 heavy (non-hydrogen) atoms. The molecule has 0 unspecified atom stereocenters. The molecule has 1 amide bonds. The zero-order chi connectivity index (χ0) is 47.1. The molecule has 1 fully saturated rings. The molecule has 0 radical (unpaired) electrons. The molecular weight excluding hydrogens is 918 g/mol. The topological polar surface area (TPSA) is 163 Å². The number of alkyl halides is 4. The Morgan fingerprint density at radius 1 is 1.05 bits per heavy atom. The highest BCUT2D eigenvalue weighted by Gasteiger charge is 2.67. The molecule has 0 aliphatic heterocycles. The molecule has 3 aromatic carbocycles. The van der Waals surface area contributed by atoms with Gasteiger partial charge in [-0.3, -0.25) is 23.5 Å². The van der Waals surface area contributed by atoms with Crippen molar-refractivity contribution in [3.05, 3.63) is 139 Å². The fourth-order valence-electron chi connectivity index (χ4n) is 8.67.